The van der Waals surface area contributed by atoms with E-state index in [1.165, 1.54) is 16.7 Å². The summed E-state index contributed by atoms with van der Waals surface area (Å²) < 4.78 is 4.03. The number of carboxylic acid groups (broad SMARTS) is 2. The number of nitrogens with one attached hydrogen (secondary N) is 1. The monoisotopic (exact) mass is 551 g/mol. The number of rotatable bonds is 8. The number of hydrogen-bond acceptors (Lipinski definition) is 12. The molecule has 37 heavy (non-hydrogen) atoms. The summed E-state index contributed by atoms with van der Waals surface area (Å²) in [6.45, 7) is 1.94. The third-order valence-electron chi connectivity index (χ3n) is 5.55. The van der Waals surface area contributed by atoms with Crippen LogP contribution >= 0.6 is 23.3 Å². The van der Waals surface area contributed by atoms with Gasteiger partial charge in [0.25, 0.3) is 12.4 Å². The second-order valence-corrected chi connectivity index (χ2v) is 10.2. The van der Waals surface area contributed by atoms with E-state index >= 15 is 0 Å². The Morgan fingerprint density at radius 1 is 1.35 bits per heavy atom. The molecule has 0 radical (unpaired) electrons. The van der Waals surface area contributed by atoms with Crippen LogP contribution in [0.5, 0.6) is 0 Å². The minimum absolute atomic E-state index is 0.0168. The molecule has 1 aromatic heterocycles. The molecule has 4 rings (SSSR count). The quantitative estimate of drug-likeness (QED) is 0.123. The minimum atomic E-state index is -1.03. The predicted octanol–water partition coefficient (Wildman–Crippen LogP) is -0.308. The van der Waals surface area contributed by atoms with E-state index in [1.54, 1.807) is 6.92 Å². The van der Waals surface area contributed by atoms with Crippen molar-refractivity contribution in [1.29, 1.82) is 0 Å². The minimum Gasteiger partial charge on any atom is -0.483 e. The summed E-state index contributed by atoms with van der Waals surface area (Å²) in [6.07, 6.45) is 0. The Morgan fingerprint density at radius 2 is 2.00 bits per heavy atom. The van der Waals surface area contributed by atoms with Crippen LogP contribution in [0.4, 0.5) is 5.13 Å². The van der Waals surface area contributed by atoms with Crippen molar-refractivity contribution in [1.82, 2.24) is 19.6 Å². The maximum Gasteiger partial charge on any atom is 0.312 e. The van der Waals surface area contributed by atoms with Crippen molar-refractivity contribution in [2.24, 2.45) is 16.3 Å². The number of thioether (sulfide) groups is 1. The Bertz CT molecular complexity index is 1190. The molecule has 198 valence electrons. The molecule has 2 aromatic rings. The molecule has 2 unspecified atom stereocenters. The fourth-order valence-electron chi connectivity index (χ4n) is 3.50. The highest BCUT2D eigenvalue weighted by molar-refractivity contribution is 8.00. The molecule has 3 atom stereocenters. The SMILES string of the molecule is CC1(C(=O)O)CS[C@@H]2C(NC(=O)C(=NOCc3ccc(CN)cc3)c3nsc(N)n3)C(=O)N2C1.O=CO. The molecule has 14 nitrogen and oxygen atoms in total. The summed E-state index contributed by atoms with van der Waals surface area (Å²) in [7, 11) is 0. The molecule has 2 aliphatic rings. The number of anilines is 1. The van der Waals surface area contributed by atoms with E-state index < -0.39 is 23.3 Å². The number of aromatic nitrogens is 2. The topological polar surface area (TPSA) is 223 Å². The highest BCUT2D eigenvalue weighted by Crippen LogP contribution is 2.41. The number of β-lactam (4-membered cyclic amide) rings is 1. The molecular formula is C21H25N7O7S2. The maximum absolute atomic E-state index is 13.0. The van der Waals surface area contributed by atoms with Crippen molar-refractivity contribution >= 4 is 58.4 Å². The summed E-state index contributed by atoms with van der Waals surface area (Å²) in [4.78, 5) is 56.4. The number of hydrogen-bond donors (Lipinski definition) is 5. The zero-order valence-corrected chi connectivity index (χ0v) is 21.2. The van der Waals surface area contributed by atoms with Crippen molar-refractivity contribution in [3.63, 3.8) is 0 Å². The summed E-state index contributed by atoms with van der Waals surface area (Å²) >= 11 is 2.21. The van der Waals surface area contributed by atoms with E-state index in [2.05, 4.69) is 19.8 Å². The summed E-state index contributed by atoms with van der Waals surface area (Å²) in [5.74, 6) is -1.71. The van der Waals surface area contributed by atoms with Crippen LogP contribution in [-0.2, 0) is 37.2 Å². The summed E-state index contributed by atoms with van der Waals surface area (Å²) in [5, 5.41) is 22.7. The number of oxime groups is 1. The van der Waals surface area contributed by atoms with Gasteiger partial charge in [-0.2, -0.15) is 9.36 Å². The van der Waals surface area contributed by atoms with Crippen LogP contribution in [0.25, 0.3) is 0 Å². The Hall–Kier alpha value is -3.76. The van der Waals surface area contributed by atoms with Crippen LogP contribution in [-0.4, -0.2) is 78.2 Å². The van der Waals surface area contributed by atoms with Gasteiger partial charge in [-0.1, -0.05) is 29.4 Å². The van der Waals surface area contributed by atoms with Gasteiger partial charge < -0.3 is 36.7 Å². The highest BCUT2D eigenvalue weighted by atomic mass is 32.2. The van der Waals surface area contributed by atoms with Crippen LogP contribution in [0.2, 0.25) is 0 Å². The zero-order valence-electron chi connectivity index (χ0n) is 19.6. The zero-order chi connectivity index (χ0) is 27.2. The van der Waals surface area contributed by atoms with E-state index in [9.17, 15) is 19.5 Å². The van der Waals surface area contributed by atoms with Crippen molar-refractivity contribution in [3.8, 4) is 0 Å². The lowest BCUT2D eigenvalue weighted by atomic mass is 9.89. The van der Waals surface area contributed by atoms with Crippen LogP contribution in [0.3, 0.4) is 0 Å². The van der Waals surface area contributed by atoms with Gasteiger partial charge in [-0.15, -0.1) is 11.8 Å². The number of carbonyl (C=O) groups excluding carboxylic acids is 2. The predicted molar refractivity (Wildman–Crippen MR) is 134 cm³/mol. The molecule has 7 N–H and O–H groups in total. The molecule has 0 saturated carbocycles. The molecule has 16 heteroatoms. The molecule has 3 heterocycles. The number of aliphatic carboxylic acids is 1. The Morgan fingerprint density at radius 3 is 2.57 bits per heavy atom. The van der Waals surface area contributed by atoms with Gasteiger partial charge in [0.05, 0.1) is 5.41 Å². The van der Waals surface area contributed by atoms with Crippen LogP contribution in [0.15, 0.2) is 29.4 Å². The number of nitrogen functional groups attached to an aromatic ring is 1. The van der Waals surface area contributed by atoms with Gasteiger partial charge in [-0.25, -0.2) is 0 Å². The second kappa shape index (κ2) is 12.0. The molecule has 2 aliphatic heterocycles. The third-order valence-corrected chi connectivity index (χ3v) is 7.77. The molecule has 2 amide bonds. The number of nitrogens with two attached hydrogens (primary N) is 2. The first-order chi connectivity index (χ1) is 17.6. The average Bonchev–Trinajstić information content (AvgIpc) is 3.31. The van der Waals surface area contributed by atoms with Crippen LogP contribution in [0.1, 0.15) is 23.9 Å². The smallest absolute Gasteiger partial charge is 0.312 e. The van der Waals surface area contributed by atoms with Crippen molar-refractivity contribution in [2.75, 3.05) is 18.0 Å². The first-order valence-corrected chi connectivity index (χ1v) is 12.6. The lowest BCUT2D eigenvalue weighted by molar-refractivity contribution is -0.157. The normalized spacial score (nSPS) is 22.6. The second-order valence-electron chi connectivity index (χ2n) is 8.28. The number of amides is 2. The third kappa shape index (κ3) is 6.33. The fourth-order valence-corrected chi connectivity index (χ4v) is 5.42. The molecule has 0 aliphatic carbocycles. The number of nitrogens with zero attached hydrogens (tertiary/aromatic N) is 4. The maximum atomic E-state index is 13.0. The number of fused-ring (bicyclic) bond motifs is 1. The molecule has 1 aromatic carbocycles. The average molecular weight is 552 g/mol. The van der Waals surface area contributed by atoms with Gasteiger partial charge in [0.15, 0.2) is 5.13 Å². The Labute approximate surface area is 219 Å². The lowest BCUT2D eigenvalue weighted by Gasteiger charge is -2.53. The van der Waals surface area contributed by atoms with Crippen LogP contribution < -0.4 is 16.8 Å². The van der Waals surface area contributed by atoms with Crippen molar-refractivity contribution in [2.45, 2.75) is 31.5 Å². The number of carbonyl (C=O) groups is 4. The van der Waals surface area contributed by atoms with Gasteiger partial charge in [0, 0.05) is 30.4 Å². The van der Waals surface area contributed by atoms with E-state index in [0.717, 1.165) is 22.7 Å². The summed E-state index contributed by atoms with van der Waals surface area (Å²) in [5.41, 5.74) is 11.8. The van der Waals surface area contributed by atoms with Crippen LogP contribution in [0, 0.1) is 5.41 Å². The van der Waals surface area contributed by atoms with Gasteiger partial charge in [-0.05, 0) is 18.1 Å². The van der Waals surface area contributed by atoms with Gasteiger partial charge in [-0.3, -0.25) is 19.2 Å². The largest absolute Gasteiger partial charge is 0.483 e. The first-order valence-electron chi connectivity index (χ1n) is 10.7. The van der Waals surface area contributed by atoms with E-state index in [-0.39, 0.29) is 47.6 Å². The van der Waals surface area contributed by atoms with Gasteiger partial charge in [0.2, 0.25) is 17.4 Å². The molecule has 0 spiro atoms. The van der Waals surface area contributed by atoms with E-state index in [1.807, 2.05) is 24.3 Å². The molecule has 0 bridgehead atoms. The van der Waals surface area contributed by atoms with Crippen molar-refractivity contribution in [3.05, 3.63) is 41.2 Å². The highest BCUT2D eigenvalue weighted by Gasteiger charge is 2.56. The van der Waals surface area contributed by atoms with E-state index in [0.29, 0.717) is 12.3 Å². The first kappa shape index (κ1) is 27.8. The number of carboxylic acids is 1. The lowest BCUT2D eigenvalue weighted by Crippen LogP contribution is -2.73. The fraction of sp³-hybridized carbons (Fsp3) is 0.381. The molecule has 2 saturated heterocycles. The van der Waals surface area contributed by atoms with Gasteiger partial charge in [0.1, 0.15) is 18.0 Å². The molecule has 2 fully saturated rings. The number of benzene rings is 1. The molecular weight excluding hydrogens is 526 g/mol. The van der Waals surface area contributed by atoms with E-state index in [4.69, 9.17) is 26.2 Å². The standard InChI is InChI=1S/C20H23N7O5S2.CH2O2/c1-20(18(30)31)8-27-16(29)13(17(27)33-9-20)23-15(28)12(14-24-19(22)34-26-14)25-32-7-11-4-2-10(6-21)3-5-11;2-1-3/h2-5,13,17H,6-9,21H2,1H3,(H,23,28)(H,30,31)(H2,22,24,26);1H,(H,2,3)/t13?,17-,20?;/m1./s1. The van der Waals surface area contributed by atoms with Gasteiger partial charge >= 0.3 is 5.97 Å². The Balaban J connectivity index is 0.00000121. The summed E-state index contributed by atoms with van der Waals surface area (Å²) in [6, 6.07) is 6.58. The Kier molecular flexibility index (Phi) is 9.01. The van der Waals surface area contributed by atoms with Crippen molar-refractivity contribution < 1.29 is 34.2 Å².